The maximum Gasteiger partial charge on any atom is 0.0726 e. The van der Waals surface area contributed by atoms with E-state index in [0.29, 0.717) is 6.07 Å². The molecule has 0 saturated carbocycles. The third kappa shape index (κ3) is 4.62. The van der Waals surface area contributed by atoms with Crippen LogP contribution in [0, 0.1) is 0 Å². The van der Waals surface area contributed by atoms with E-state index in [1.54, 1.807) is 0 Å². The molecule has 0 amide bonds. The molecule has 3 aliphatic carbocycles. The highest BCUT2D eigenvalue weighted by atomic mass is 15.2. The van der Waals surface area contributed by atoms with Crippen LogP contribution < -0.4 is 4.90 Å². The Morgan fingerprint density at radius 3 is 1.51 bits per heavy atom. The van der Waals surface area contributed by atoms with Crippen molar-refractivity contribution < 1.29 is 54.8 Å². The molecular weight excluding hydrogens is 711 g/mol. The Bertz CT molecular complexity index is 5240. The SMILES string of the molecule is [2H]c1cc(-c2c([2H])c([2H])c(N(c3c([2H])c([2H])c([2H])c4c3-c3c([2H])c([2H])c([2H])c([2H])c3C43c4c([2H])c([2H])c([2H])c([2H])c4-c4c([2H])c([2H])c([2H])c([2H])c43)c3c([2H])c([2H])c([2H])c4c3-c3c([2H])c([2H])c([2H])c([2H])c3C4(C([2H])([2H])[2H])C([2H])([2H])[2H])c(-c3c([2H])c([2H])c([2H])c([2H])c3[2H])c2[2H])c([2H])c([2H])c1[2H]. The molecule has 0 heterocycles. The molecule has 0 radical (unpaired) electrons. The van der Waals surface area contributed by atoms with Gasteiger partial charge in [-0.1, -0.05) is 201 Å². The molecule has 59 heavy (non-hydrogen) atoms. The van der Waals surface area contributed by atoms with Gasteiger partial charge in [-0.3, -0.25) is 0 Å². The van der Waals surface area contributed by atoms with Crippen molar-refractivity contribution in [2.24, 2.45) is 0 Å². The number of hydrogen-bond donors (Lipinski definition) is 0. The van der Waals surface area contributed by atoms with Crippen LogP contribution >= 0.6 is 0 Å². The summed E-state index contributed by atoms with van der Waals surface area (Å²) in [4.78, 5) is 0.192. The van der Waals surface area contributed by atoms with Crippen molar-refractivity contribution in [3.8, 4) is 55.6 Å². The summed E-state index contributed by atoms with van der Waals surface area (Å²) in [5.74, 6) is 0. The Kier molecular flexibility index (Phi) is 2.71. The summed E-state index contributed by atoms with van der Waals surface area (Å²) in [5, 5.41) is 0. The molecule has 3 aliphatic rings. The van der Waals surface area contributed by atoms with Crippen LogP contribution in [0.3, 0.4) is 0 Å². The van der Waals surface area contributed by atoms with Gasteiger partial charge in [0.25, 0.3) is 0 Å². The predicted molar refractivity (Wildman–Crippen MR) is 246 cm³/mol. The Hall–Kier alpha value is -7.22. The normalized spacial score (nSPS) is 24.2. The number of nitrogens with zero attached hydrogens (tertiary/aromatic N) is 1. The van der Waals surface area contributed by atoms with Crippen molar-refractivity contribution in [3.05, 3.63) is 245 Å². The number of benzene rings is 9. The first-order chi connectivity index (χ1) is 45.7. The first-order valence-corrected chi connectivity index (χ1v) is 17.5. The lowest BCUT2D eigenvalue weighted by Crippen LogP contribution is -2.26. The lowest BCUT2D eigenvalue weighted by atomic mass is 9.70. The molecule has 1 nitrogen and oxygen atoms in total. The van der Waals surface area contributed by atoms with Gasteiger partial charge >= 0.3 is 0 Å². The highest BCUT2D eigenvalue weighted by Gasteiger charge is 2.52. The van der Waals surface area contributed by atoms with E-state index >= 15 is 0 Å². The van der Waals surface area contributed by atoms with Gasteiger partial charge in [0.15, 0.2) is 0 Å². The predicted octanol–water partition coefficient (Wildman–Crippen LogP) is 15.1. The minimum Gasteiger partial charge on any atom is -0.309 e. The zero-order valence-corrected chi connectivity index (χ0v) is 29.5. The van der Waals surface area contributed by atoms with Gasteiger partial charge in [-0.15, -0.1) is 0 Å². The molecule has 1 heteroatoms. The van der Waals surface area contributed by atoms with Gasteiger partial charge in [-0.25, -0.2) is 0 Å². The average Bonchev–Trinajstić information content (AvgIpc) is 1.48. The highest BCUT2D eigenvalue weighted by Crippen LogP contribution is 2.65. The van der Waals surface area contributed by atoms with Crippen molar-refractivity contribution in [2.45, 2.75) is 24.5 Å². The van der Waals surface area contributed by atoms with Crippen molar-refractivity contribution in [3.63, 3.8) is 0 Å². The minimum absolute atomic E-state index is 0.192. The zero-order chi connectivity index (χ0) is 73.9. The van der Waals surface area contributed by atoms with Gasteiger partial charge in [-0.05, 0) is 96.5 Å². The standard InChI is InChI=1S/C58H41N/c1-57(2)46-27-13-11-25-43(46)55-50(57)31-17-33-53(55)59(52-36-35-40(38-19-5-3-6-20-38)37-45(52)39-21-7-4-8-22-39)54-34-18-32-51-56(54)44-26-12-16-30-49(44)58(51)47-28-14-9-23-41(47)42-24-10-15-29-48(42)58/h3-37H,1-2H3/i1D3,2D3,3D,4D,5D,6D,7D,8D,9D,10D,11D,12D,13D,14D,15D,16D,17D,18D,19D,21D,22D,23D,24D,25D,26D,27D,28D,29D,30D,31D,32D,33D,34D,35D,36D,37D. The lowest BCUT2D eigenvalue weighted by molar-refractivity contribution is 0.660. The molecule has 9 aromatic rings. The largest absolute Gasteiger partial charge is 0.309 e. The van der Waals surface area contributed by atoms with Crippen LogP contribution in [0.5, 0.6) is 0 Å². The molecule has 12 rings (SSSR count). The molecule has 278 valence electrons. The molecule has 0 bridgehead atoms. The number of anilines is 3. The summed E-state index contributed by atoms with van der Waals surface area (Å²) >= 11 is 0. The van der Waals surface area contributed by atoms with Crippen LogP contribution in [0.15, 0.2) is 212 Å². The van der Waals surface area contributed by atoms with E-state index in [1.807, 2.05) is 0 Å². The van der Waals surface area contributed by atoms with Gasteiger partial charge in [-0.2, -0.15) is 0 Å². The molecule has 9 aromatic carbocycles. The fourth-order valence-electron chi connectivity index (χ4n) is 8.18. The van der Waals surface area contributed by atoms with Crippen molar-refractivity contribution in [2.75, 3.05) is 4.90 Å². The van der Waals surface area contributed by atoms with E-state index in [-0.39, 0.29) is 4.90 Å². The minimum atomic E-state index is -4.22. The second kappa shape index (κ2) is 12.6. The van der Waals surface area contributed by atoms with E-state index in [2.05, 4.69) is 0 Å². The molecule has 0 aliphatic heterocycles. The van der Waals surface area contributed by atoms with Gasteiger partial charge in [0.2, 0.25) is 0 Å². The van der Waals surface area contributed by atoms with Crippen LogP contribution in [-0.4, -0.2) is 0 Å². The zero-order valence-electron chi connectivity index (χ0n) is 69.5. The summed E-state index contributed by atoms with van der Waals surface area (Å²) in [6, 6.07) is -42.5. The number of rotatable bonds is 5. The molecule has 0 atom stereocenters. The molecule has 1 spiro atoms. The number of fused-ring (bicyclic) bond motifs is 13. The summed E-state index contributed by atoms with van der Waals surface area (Å²) in [6.45, 7) is -8.43. The van der Waals surface area contributed by atoms with E-state index in [1.165, 1.54) is 0 Å². The molecule has 0 unspecified atom stereocenters. The fourth-order valence-corrected chi connectivity index (χ4v) is 8.18. The van der Waals surface area contributed by atoms with E-state index in [9.17, 15) is 37.0 Å². The van der Waals surface area contributed by atoms with E-state index < -0.39 is 336 Å². The third-order valence-corrected chi connectivity index (χ3v) is 10.5. The fraction of sp³-hybridized carbons (Fsp3) is 0.0690. The van der Waals surface area contributed by atoms with Crippen LogP contribution in [0.25, 0.3) is 55.6 Å². The first-order valence-electron chi connectivity index (χ1n) is 37.5. The third-order valence-electron chi connectivity index (χ3n) is 10.5. The summed E-state index contributed by atoms with van der Waals surface area (Å²) in [7, 11) is 0. The Morgan fingerprint density at radius 1 is 0.356 bits per heavy atom. The second-order valence-electron chi connectivity index (χ2n) is 13.3. The highest BCUT2D eigenvalue weighted by molar-refractivity contribution is 6.05. The van der Waals surface area contributed by atoms with Crippen LogP contribution in [0.1, 0.15) is 102 Å². The van der Waals surface area contributed by atoms with Gasteiger partial charge < -0.3 is 4.90 Å². The monoisotopic (exact) mass is 792 g/mol. The second-order valence-corrected chi connectivity index (χ2v) is 13.3. The van der Waals surface area contributed by atoms with Gasteiger partial charge in [0.05, 0.1) is 69.1 Å². The topological polar surface area (TPSA) is 3.24 Å². The molecular formula is C58H41N. The Balaban J connectivity index is 1.50. The summed E-state index contributed by atoms with van der Waals surface area (Å²) in [5.41, 5.74) is -29.5. The smallest absolute Gasteiger partial charge is 0.0726 e. The van der Waals surface area contributed by atoms with Crippen LogP contribution in [-0.2, 0) is 10.8 Å². The Labute approximate surface area is 402 Å². The van der Waals surface area contributed by atoms with Gasteiger partial charge in [0, 0.05) is 30.3 Å². The van der Waals surface area contributed by atoms with Crippen LogP contribution in [0.2, 0.25) is 0 Å². The first kappa shape index (κ1) is 12.6. The lowest BCUT2D eigenvalue weighted by Gasteiger charge is -2.33. The summed E-state index contributed by atoms with van der Waals surface area (Å²) < 4.78 is 378. The maximum absolute atomic E-state index is 10.5. The van der Waals surface area contributed by atoms with Crippen molar-refractivity contribution >= 4 is 17.1 Å². The maximum atomic E-state index is 10.5. The van der Waals surface area contributed by atoms with E-state index in [0.717, 1.165) is 0 Å². The molecule has 0 N–H and O–H groups in total. The quantitative estimate of drug-likeness (QED) is 0.168. The Morgan fingerprint density at radius 2 is 0.847 bits per heavy atom. The van der Waals surface area contributed by atoms with Gasteiger partial charge in [0.1, 0.15) is 0 Å². The molecule has 0 aromatic heterocycles. The molecule has 0 fully saturated rings. The number of hydrogen-bond acceptors (Lipinski definition) is 1. The van der Waals surface area contributed by atoms with Crippen molar-refractivity contribution in [1.82, 2.24) is 0 Å². The average molecular weight is 792 g/mol. The van der Waals surface area contributed by atoms with E-state index in [4.69, 9.17) is 17.8 Å². The molecule has 0 saturated heterocycles. The summed E-state index contributed by atoms with van der Waals surface area (Å²) in [6.07, 6.45) is 0. The van der Waals surface area contributed by atoms with Crippen molar-refractivity contribution in [1.29, 1.82) is 0 Å². The van der Waals surface area contributed by atoms with Crippen LogP contribution in [0.4, 0.5) is 17.1 Å².